The standard InChI is InChI=1S/C11H13N3O3/c15-11-14(13-5-2-1-3-6-13)10(8-16-11)9-4-7-17-12-9/h2,4-5,7,10H,1,3,6,8H2. The summed E-state index contributed by atoms with van der Waals surface area (Å²) in [6.45, 7) is 1.13. The first-order valence-electron chi connectivity index (χ1n) is 5.66. The van der Waals surface area contributed by atoms with Crippen LogP contribution in [0.1, 0.15) is 24.6 Å². The molecule has 3 rings (SSSR count). The molecule has 0 aromatic carbocycles. The number of rotatable bonds is 2. The molecule has 0 spiro atoms. The zero-order valence-electron chi connectivity index (χ0n) is 9.28. The fourth-order valence-corrected chi connectivity index (χ4v) is 2.12. The van der Waals surface area contributed by atoms with Crippen LogP contribution in [0.5, 0.6) is 0 Å². The third-order valence-corrected chi connectivity index (χ3v) is 2.96. The lowest BCUT2D eigenvalue weighted by Crippen LogP contribution is -2.42. The Morgan fingerprint density at radius 3 is 3.12 bits per heavy atom. The Kier molecular flexibility index (Phi) is 2.47. The van der Waals surface area contributed by atoms with Crippen LogP contribution in [0.15, 0.2) is 29.1 Å². The minimum atomic E-state index is -0.329. The van der Waals surface area contributed by atoms with Crippen molar-refractivity contribution in [2.24, 2.45) is 0 Å². The average molecular weight is 235 g/mol. The number of aromatic nitrogens is 1. The number of ether oxygens (including phenoxy) is 1. The summed E-state index contributed by atoms with van der Waals surface area (Å²) in [7, 11) is 0. The molecule has 17 heavy (non-hydrogen) atoms. The van der Waals surface area contributed by atoms with Crippen LogP contribution < -0.4 is 0 Å². The molecule has 0 radical (unpaired) electrons. The number of hydrogen-bond donors (Lipinski definition) is 0. The molecule has 0 aliphatic carbocycles. The Balaban J connectivity index is 1.86. The molecular formula is C11H13N3O3. The molecule has 6 heteroatoms. The highest BCUT2D eigenvalue weighted by Crippen LogP contribution is 2.29. The molecule has 1 atom stereocenters. The van der Waals surface area contributed by atoms with Gasteiger partial charge in [0.1, 0.15) is 24.6 Å². The molecule has 6 nitrogen and oxygen atoms in total. The topological polar surface area (TPSA) is 58.8 Å². The number of carbonyl (C=O) groups excluding carboxylic acids is 1. The SMILES string of the molecule is O=C1OCC(c2ccon2)N1N1C=CCCC1. The fraction of sp³-hybridized carbons (Fsp3) is 0.455. The maximum atomic E-state index is 11.7. The number of carbonyl (C=O) groups is 1. The van der Waals surface area contributed by atoms with Crippen LogP contribution in [0.4, 0.5) is 4.79 Å². The van der Waals surface area contributed by atoms with Crippen LogP contribution in [-0.2, 0) is 4.74 Å². The van der Waals surface area contributed by atoms with Crippen molar-refractivity contribution in [2.75, 3.05) is 13.2 Å². The summed E-state index contributed by atoms with van der Waals surface area (Å²) in [6.07, 6.45) is 7.23. The molecule has 90 valence electrons. The van der Waals surface area contributed by atoms with E-state index in [-0.39, 0.29) is 12.1 Å². The molecular weight excluding hydrogens is 222 g/mol. The van der Waals surface area contributed by atoms with E-state index < -0.39 is 0 Å². The van der Waals surface area contributed by atoms with E-state index in [0.29, 0.717) is 6.61 Å². The van der Waals surface area contributed by atoms with Crippen molar-refractivity contribution in [3.8, 4) is 0 Å². The smallest absolute Gasteiger partial charge is 0.429 e. The minimum Gasteiger partial charge on any atom is -0.445 e. The third-order valence-electron chi connectivity index (χ3n) is 2.96. The van der Waals surface area contributed by atoms with Gasteiger partial charge in [-0.05, 0) is 12.8 Å². The highest BCUT2D eigenvalue weighted by atomic mass is 16.6. The zero-order valence-corrected chi connectivity index (χ0v) is 9.28. The summed E-state index contributed by atoms with van der Waals surface area (Å²) in [5, 5.41) is 7.37. The molecule has 2 aliphatic heterocycles. The summed E-state index contributed by atoms with van der Waals surface area (Å²) in [6, 6.07) is 1.57. The first kappa shape index (κ1) is 10.2. The van der Waals surface area contributed by atoms with E-state index in [9.17, 15) is 4.79 Å². The molecule has 0 bridgehead atoms. The van der Waals surface area contributed by atoms with Gasteiger partial charge in [0, 0.05) is 18.8 Å². The van der Waals surface area contributed by atoms with Gasteiger partial charge in [-0.1, -0.05) is 11.2 Å². The highest BCUT2D eigenvalue weighted by molar-refractivity contribution is 5.69. The van der Waals surface area contributed by atoms with Crippen LogP contribution in [0.25, 0.3) is 0 Å². The van der Waals surface area contributed by atoms with Crippen molar-refractivity contribution in [1.82, 2.24) is 15.2 Å². The second kappa shape index (κ2) is 4.12. The predicted octanol–water partition coefficient (Wildman–Crippen LogP) is 1.69. The van der Waals surface area contributed by atoms with Crippen molar-refractivity contribution in [3.05, 3.63) is 30.3 Å². The molecule has 2 aliphatic rings. The number of allylic oxidation sites excluding steroid dienone is 1. The lowest BCUT2D eigenvalue weighted by atomic mass is 10.2. The number of nitrogens with zero attached hydrogens (tertiary/aromatic N) is 3. The molecule has 3 heterocycles. The average Bonchev–Trinajstić information content (AvgIpc) is 2.98. The van der Waals surface area contributed by atoms with Crippen LogP contribution in [0.2, 0.25) is 0 Å². The minimum absolute atomic E-state index is 0.191. The highest BCUT2D eigenvalue weighted by Gasteiger charge is 2.39. The van der Waals surface area contributed by atoms with Gasteiger partial charge in [0.15, 0.2) is 0 Å². The third kappa shape index (κ3) is 1.75. The Labute approximate surface area is 98.4 Å². The van der Waals surface area contributed by atoms with E-state index >= 15 is 0 Å². The number of hydrogen-bond acceptors (Lipinski definition) is 5. The Hall–Kier alpha value is -1.98. The van der Waals surface area contributed by atoms with Crippen molar-refractivity contribution in [2.45, 2.75) is 18.9 Å². The number of cyclic esters (lactones) is 1. The van der Waals surface area contributed by atoms with Crippen molar-refractivity contribution in [3.63, 3.8) is 0 Å². The van der Waals surface area contributed by atoms with Gasteiger partial charge in [0.2, 0.25) is 0 Å². The molecule has 1 fully saturated rings. The second-order valence-electron chi connectivity index (χ2n) is 4.05. The van der Waals surface area contributed by atoms with Gasteiger partial charge in [0.25, 0.3) is 0 Å². The first-order chi connectivity index (χ1) is 8.36. The summed E-state index contributed by atoms with van der Waals surface area (Å²) < 4.78 is 9.90. The monoisotopic (exact) mass is 235 g/mol. The van der Waals surface area contributed by atoms with Crippen LogP contribution in [0, 0.1) is 0 Å². The van der Waals surface area contributed by atoms with E-state index in [2.05, 4.69) is 11.2 Å². The Morgan fingerprint density at radius 2 is 2.41 bits per heavy atom. The molecule has 1 unspecified atom stereocenters. The molecule has 0 saturated carbocycles. The number of amides is 1. The fourth-order valence-electron chi connectivity index (χ4n) is 2.12. The first-order valence-corrected chi connectivity index (χ1v) is 5.66. The summed E-state index contributed by atoms with van der Waals surface area (Å²) in [5.41, 5.74) is 0.717. The lowest BCUT2D eigenvalue weighted by molar-refractivity contribution is 0.0341. The summed E-state index contributed by atoms with van der Waals surface area (Å²) in [4.78, 5) is 11.7. The lowest BCUT2D eigenvalue weighted by Gasteiger charge is -2.33. The van der Waals surface area contributed by atoms with Crippen molar-refractivity contribution < 1.29 is 14.1 Å². The van der Waals surface area contributed by atoms with E-state index in [1.165, 1.54) is 6.26 Å². The van der Waals surface area contributed by atoms with Gasteiger partial charge in [-0.15, -0.1) is 0 Å². The largest absolute Gasteiger partial charge is 0.445 e. The molecule has 1 aromatic rings. The number of hydrazine groups is 1. The normalized spacial score (nSPS) is 24.2. The maximum Gasteiger partial charge on any atom is 0.429 e. The van der Waals surface area contributed by atoms with Gasteiger partial charge >= 0.3 is 6.09 Å². The van der Waals surface area contributed by atoms with Gasteiger partial charge in [-0.25, -0.2) is 9.80 Å². The maximum absolute atomic E-state index is 11.7. The Morgan fingerprint density at radius 1 is 1.47 bits per heavy atom. The van der Waals surface area contributed by atoms with Crippen LogP contribution in [-0.4, -0.2) is 34.4 Å². The molecule has 1 amide bonds. The van der Waals surface area contributed by atoms with E-state index in [0.717, 1.165) is 25.1 Å². The van der Waals surface area contributed by atoms with Gasteiger partial charge in [-0.2, -0.15) is 0 Å². The van der Waals surface area contributed by atoms with Gasteiger partial charge in [-0.3, -0.25) is 5.01 Å². The quantitative estimate of drug-likeness (QED) is 0.780. The molecule has 0 N–H and O–H groups in total. The van der Waals surface area contributed by atoms with E-state index in [4.69, 9.17) is 9.26 Å². The molecule has 1 aromatic heterocycles. The zero-order chi connectivity index (χ0) is 11.7. The van der Waals surface area contributed by atoms with Gasteiger partial charge in [0.05, 0.1) is 0 Å². The van der Waals surface area contributed by atoms with Gasteiger partial charge < -0.3 is 9.26 Å². The predicted molar refractivity (Wildman–Crippen MR) is 57.5 cm³/mol. The summed E-state index contributed by atoms with van der Waals surface area (Å²) in [5.74, 6) is 0. The van der Waals surface area contributed by atoms with Crippen LogP contribution in [0.3, 0.4) is 0 Å². The summed E-state index contributed by atoms with van der Waals surface area (Å²) >= 11 is 0. The van der Waals surface area contributed by atoms with Crippen molar-refractivity contribution >= 4 is 6.09 Å². The van der Waals surface area contributed by atoms with E-state index in [1.807, 2.05) is 11.2 Å². The van der Waals surface area contributed by atoms with Crippen molar-refractivity contribution in [1.29, 1.82) is 0 Å². The molecule has 1 saturated heterocycles. The Bertz CT molecular complexity index is 429. The van der Waals surface area contributed by atoms with Crippen LogP contribution >= 0.6 is 0 Å². The second-order valence-corrected chi connectivity index (χ2v) is 4.05. The van der Waals surface area contributed by atoms with E-state index in [1.54, 1.807) is 11.1 Å².